The maximum atomic E-state index is 12.3. The van der Waals surface area contributed by atoms with Crippen LogP contribution in [-0.4, -0.2) is 72.1 Å². The van der Waals surface area contributed by atoms with E-state index in [2.05, 4.69) is 19.2 Å². The number of ether oxygens (including phenoxy) is 5. The zero-order valence-corrected chi connectivity index (χ0v) is 36.0. The molecular weight excluding hydrogens is 663 g/mol. The minimum absolute atomic E-state index is 0.216. The van der Waals surface area contributed by atoms with Gasteiger partial charge in [-0.3, -0.25) is 0 Å². The molecule has 0 spiro atoms. The van der Waals surface area contributed by atoms with Gasteiger partial charge in [-0.2, -0.15) is 0 Å². The van der Waals surface area contributed by atoms with Crippen LogP contribution in [-0.2, 0) is 23.7 Å². The SMILES string of the molecule is CCCCCCCCCCCCCCCCCCOCC(COC(=O)NCCCOCCOC)OCCCCCCCCCCCCCCCCCC. The first kappa shape index (κ1) is 52.1. The molecule has 0 aliphatic carbocycles. The van der Waals surface area contributed by atoms with E-state index in [1.807, 2.05) is 0 Å². The molecule has 0 radical (unpaired) electrons. The summed E-state index contributed by atoms with van der Waals surface area (Å²) >= 11 is 0. The summed E-state index contributed by atoms with van der Waals surface area (Å²) in [4.78, 5) is 12.3. The fraction of sp³-hybridized carbons (Fsp3) is 0.978. The van der Waals surface area contributed by atoms with Gasteiger partial charge in [-0.25, -0.2) is 4.79 Å². The predicted molar refractivity (Wildman–Crippen MR) is 226 cm³/mol. The number of carbonyl (C=O) groups is 1. The number of carbonyl (C=O) groups excluding carboxylic acids is 1. The molecule has 0 aromatic carbocycles. The molecule has 318 valence electrons. The van der Waals surface area contributed by atoms with E-state index in [4.69, 9.17) is 23.7 Å². The molecule has 0 aliphatic heterocycles. The van der Waals surface area contributed by atoms with Crippen molar-refractivity contribution < 1.29 is 28.5 Å². The minimum atomic E-state index is -0.407. The third-order valence-corrected chi connectivity index (χ3v) is 10.4. The molecule has 1 atom stereocenters. The smallest absolute Gasteiger partial charge is 0.407 e. The average Bonchev–Trinajstić information content (AvgIpc) is 3.16. The summed E-state index contributed by atoms with van der Waals surface area (Å²) in [7, 11) is 1.66. The first-order valence-electron chi connectivity index (χ1n) is 23.4. The molecule has 7 nitrogen and oxygen atoms in total. The number of methoxy groups -OCH3 is 1. The monoisotopic (exact) mass is 756 g/mol. The Labute approximate surface area is 330 Å². The minimum Gasteiger partial charge on any atom is -0.447 e. The Morgan fingerprint density at radius 3 is 1.21 bits per heavy atom. The van der Waals surface area contributed by atoms with Gasteiger partial charge in [0.25, 0.3) is 0 Å². The summed E-state index contributed by atoms with van der Waals surface area (Å²) in [6.07, 6.45) is 43.7. The molecule has 0 aliphatic rings. The molecule has 7 heteroatoms. The molecule has 0 aromatic rings. The highest BCUT2D eigenvalue weighted by Gasteiger charge is 2.13. The van der Waals surface area contributed by atoms with Gasteiger partial charge in [0.05, 0.1) is 19.8 Å². The van der Waals surface area contributed by atoms with E-state index in [1.54, 1.807) is 7.11 Å². The van der Waals surface area contributed by atoms with Crippen molar-refractivity contribution in [3.8, 4) is 0 Å². The third-order valence-electron chi connectivity index (χ3n) is 10.4. The second kappa shape index (κ2) is 47.3. The number of amides is 1. The van der Waals surface area contributed by atoms with Crippen molar-refractivity contribution in [3.05, 3.63) is 0 Å². The molecule has 0 heterocycles. The van der Waals surface area contributed by atoms with E-state index in [0.717, 1.165) is 25.9 Å². The number of nitrogens with one attached hydrogen (secondary N) is 1. The van der Waals surface area contributed by atoms with Crippen molar-refractivity contribution in [1.82, 2.24) is 5.32 Å². The second-order valence-corrected chi connectivity index (χ2v) is 15.7. The van der Waals surface area contributed by atoms with Gasteiger partial charge >= 0.3 is 6.09 Å². The lowest BCUT2D eigenvalue weighted by atomic mass is 10.0. The van der Waals surface area contributed by atoms with Crippen LogP contribution in [0.4, 0.5) is 4.79 Å². The van der Waals surface area contributed by atoms with Crippen LogP contribution in [0.3, 0.4) is 0 Å². The molecule has 0 saturated heterocycles. The Kier molecular flexibility index (Phi) is 46.5. The van der Waals surface area contributed by atoms with Crippen molar-refractivity contribution in [3.63, 3.8) is 0 Å². The van der Waals surface area contributed by atoms with Crippen molar-refractivity contribution in [2.45, 2.75) is 232 Å². The van der Waals surface area contributed by atoms with Crippen LogP contribution in [0.25, 0.3) is 0 Å². The number of hydrogen-bond donors (Lipinski definition) is 1. The van der Waals surface area contributed by atoms with Crippen LogP contribution in [0.1, 0.15) is 226 Å². The first-order valence-corrected chi connectivity index (χ1v) is 23.4. The standard InChI is InChI=1S/C46H93NO6/c1-4-6-8-10-12-14-16-18-20-22-24-26-28-30-32-34-38-51-43-45(44-53-46(48)47-37-36-39-50-42-41-49-3)52-40-35-33-31-29-27-25-23-21-19-17-15-13-11-9-7-5-2/h45H,4-44H2,1-3H3,(H,47,48). The quantitative estimate of drug-likeness (QED) is 0.0624. The van der Waals surface area contributed by atoms with Crippen molar-refractivity contribution in [1.29, 1.82) is 0 Å². The van der Waals surface area contributed by atoms with E-state index in [9.17, 15) is 4.79 Å². The second-order valence-electron chi connectivity index (χ2n) is 15.7. The van der Waals surface area contributed by atoms with Crippen molar-refractivity contribution in [2.24, 2.45) is 0 Å². The lowest BCUT2D eigenvalue weighted by Crippen LogP contribution is -2.32. The van der Waals surface area contributed by atoms with Crippen LogP contribution >= 0.6 is 0 Å². The van der Waals surface area contributed by atoms with Crippen LogP contribution in [0.2, 0.25) is 0 Å². The number of rotatable bonds is 46. The Morgan fingerprint density at radius 2 is 0.792 bits per heavy atom. The fourth-order valence-corrected chi connectivity index (χ4v) is 6.84. The summed E-state index contributed by atoms with van der Waals surface area (Å²) in [6.45, 7) is 8.95. The Morgan fingerprint density at radius 1 is 0.415 bits per heavy atom. The summed E-state index contributed by atoms with van der Waals surface area (Å²) in [5.41, 5.74) is 0. The molecule has 0 aromatic heterocycles. The Bertz CT molecular complexity index is 680. The zero-order valence-electron chi connectivity index (χ0n) is 36.0. The maximum Gasteiger partial charge on any atom is 0.407 e. The van der Waals surface area contributed by atoms with Gasteiger partial charge in [-0.1, -0.05) is 206 Å². The van der Waals surface area contributed by atoms with E-state index >= 15 is 0 Å². The van der Waals surface area contributed by atoms with Gasteiger partial charge in [0.1, 0.15) is 12.7 Å². The van der Waals surface area contributed by atoms with Gasteiger partial charge in [-0.15, -0.1) is 0 Å². The molecule has 53 heavy (non-hydrogen) atoms. The van der Waals surface area contributed by atoms with Gasteiger partial charge in [0.2, 0.25) is 0 Å². The van der Waals surface area contributed by atoms with Crippen molar-refractivity contribution in [2.75, 3.05) is 59.9 Å². The van der Waals surface area contributed by atoms with E-state index in [0.29, 0.717) is 39.6 Å². The number of alkyl carbamates (subject to hydrolysis) is 1. The molecule has 0 bridgehead atoms. The summed E-state index contributed by atoms with van der Waals surface area (Å²) in [5.74, 6) is 0. The van der Waals surface area contributed by atoms with Gasteiger partial charge in [0, 0.05) is 33.5 Å². The molecule has 1 amide bonds. The lowest BCUT2D eigenvalue weighted by Gasteiger charge is -2.18. The van der Waals surface area contributed by atoms with Crippen LogP contribution in [0, 0.1) is 0 Å². The first-order chi connectivity index (χ1) is 26.2. The number of hydrogen-bond acceptors (Lipinski definition) is 6. The van der Waals surface area contributed by atoms with Crippen LogP contribution in [0.15, 0.2) is 0 Å². The maximum absolute atomic E-state index is 12.3. The van der Waals surface area contributed by atoms with Gasteiger partial charge in [0.15, 0.2) is 0 Å². The van der Waals surface area contributed by atoms with Gasteiger partial charge < -0.3 is 29.0 Å². The topological polar surface area (TPSA) is 75.3 Å². The van der Waals surface area contributed by atoms with Crippen molar-refractivity contribution >= 4 is 6.09 Å². The lowest BCUT2D eigenvalue weighted by molar-refractivity contribution is -0.0468. The van der Waals surface area contributed by atoms with E-state index in [-0.39, 0.29) is 12.7 Å². The molecule has 0 saturated carbocycles. The molecule has 0 fully saturated rings. The average molecular weight is 756 g/mol. The molecule has 1 N–H and O–H groups in total. The number of unbranched alkanes of at least 4 members (excludes halogenated alkanes) is 30. The van der Waals surface area contributed by atoms with E-state index < -0.39 is 6.09 Å². The molecular formula is C46H93NO6. The summed E-state index contributed by atoms with van der Waals surface area (Å²) in [6, 6.07) is 0. The normalized spacial score (nSPS) is 12.1. The Balaban J connectivity index is 3.96. The summed E-state index contributed by atoms with van der Waals surface area (Å²) < 4.78 is 28.1. The van der Waals surface area contributed by atoms with Gasteiger partial charge in [-0.05, 0) is 19.3 Å². The third kappa shape index (κ3) is 45.4. The molecule has 0 rings (SSSR count). The van der Waals surface area contributed by atoms with E-state index in [1.165, 1.54) is 193 Å². The highest BCUT2D eigenvalue weighted by Crippen LogP contribution is 2.15. The highest BCUT2D eigenvalue weighted by atomic mass is 16.6. The highest BCUT2D eigenvalue weighted by molar-refractivity contribution is 5.67. The zero-order chi connectivity index (χ0) is 38.4. The molecule has 1 unspecified atom stereocenters. The largest absolute Gasteiger partial charge is 0.447 e. The van der Waals surface area contributed by atoms with Crippen LogP contribution in [0.5, 0.6) is 0 Å². The van der Waals surface area contributed by atoms with Crippen LogP contribution < -0.4 is 5.32 Å². The Hall–Kier alpha value is -0.890. The summed E-state index contributed by atoms with van der Waals surface area (Å²) in [5, 5.41) is 2.81. The fourth-order valence-electron chi connectivity index (χ4n) is 6.84. The predicted octanol–water partition coefficient (Wildman–Crippen LogP) is 13.7.